The second kappa shape index (κ2) is 5.90. The summed E-state index contributed by atoms with van der Waals surface area (Å²) in [6, 6.07) is 4.10. The summed E-state index contributed by atoms with van der Waals surface area (Å²) in [5, 5.41) is 12.6. The molecule has 2 N–H and O–H groups in total. The Balaban J connectivity index is 1.93. The number of aliphatic hydroxyl groups is 1. The lowest BCUT2D eigenvalue weighted by atomic mass is 10.1. The molecule has 5 heteroatoms. The van der Waals surface area contributed by atoms with Crippen molar-refractivity contribution >= 4 is 31.9 Å². The molecule has 1 fully saturated rings. The average Bonchev–Trinajstić information content (AvgIpc) is 3.09. The van der Waals surface area contributed by atoms with Crippen molar-refractivity contribution in [3.63, 3.8) is 0 Å². The maximum atomic E-state index is 9.24. The number of hydrogen-bond donors (Lipinski definition) is 2. The number of ether oxygens (including phenoxy) is 1. The molecule has 0 spiro atoms. The van der Waals surface area contributed by atoms with E-state index in [-0.39, 0.29) is 12.0 Å². The highest BCUT2D eigenvalue weighted by molar-refractivity contribution is 9.11. The maximum absolute atomic E-state index is 9.24. The van der Waals surface area contributed by atoms with Gasteiger partial charge in [0.25, 0.3) is 0 Å². The Kier molecular flexibility index (Phi) is 4.69. The Hall–Kier alpha value is -0.100. The van der Waals surface area contributed by atoms with Crippen molar-refractivity contribution in [2.24, 2.45) is 5.41 Å². The normalized spacial score (nSPS) is 16.7. The number of hydrogen-bond acceptors (Lipinski definition) is 3. The molecule has 1 saturated carbocycles. The Bertz CT molecular complexity index is 410. The average molecular weight is 379 g/mol. The van der Waals surface area contributed by atoms with Gasteiger partial charge >= 0.3 is 0 Å². The summed E-state index contributed by atoms with van der Waals surface area (Å²) in [7, 11) is 1.65. The lowest BCUT2D eigenvalue weighted by Crippen LogP contribution is -2.26. The predicted molar refractivity (Wildman–Crippen MR) is 78.9 cm³/mol. The zero-order chi connectivity index (χ0) is 13.2. The summed E-state index contributed by atoms with van der Waals surface area (Å²) < 4.78 is 7.16. The largest absolute Gasteiger partial charge is 0.494 e. The topological polar surface area (TPSA) is 41.5 Å². The van der Waals surface area contributed by atoms with Crippen molar-refractivity contribution in [2.45, 2.75) is 19.4 Å². The zero-order valence-corrected chi connectivity index (χ0v) is 13.5. The van der Waals surface area contributed by atoms with E-state index in [1.165, 1.54) is 5.56 Å². The minimum atomic E-state index is 0.154. The Labute approximate surface area is 124 Å². The van der Waals surface area contributed by atoms with E-state index >= 15 is 0 Å². The van der Waals surface area contributed by atoms with Crippen LogP contribution in [0.5, 0.6) is 5.75 Å². The standard InChI is InChI=1S/C13H17Br2NO2/c1-18-12-10(14)4-9(5-11(12)15)6-16-7-13(8-17)2-3-13/h4-5,16-17H,2-3,6-8H2,1H3. The molecule has 3 nitrogen and oxygen atoms in total. The molecule has 100 valence electrons. The second-order valence-corrected chi connectivity index (χ2v) is 6.56. The fourth-order valence-electron chi connectivity index (χ4n) is 1.95. The summed E-state index contributed by atoms with van der Waals surface area (Å²) in [4.78, 5) is 0. The van der Waals surface area contributed by atoms with Crippen LogP contribution in [0.4, 0.5) is 0 Å². The maximum Gasteiger partial charge on any atom is 0.147 e. The molecule has 0 atom stereocenters. The zero-order valence-electron chi connectivity index (χ0n) is 10.3. The first-order valence-corrected chi connectivity index (χ1v) is 7.52. The van der Waals surface area contributed by atoms with E-state index in [4.69, 9.17) is 4.74 Å². The number of aliphatic hydroxyl groups excluding tert-OH is 1. The molecule has 1 aliphatic rings. The lowest BCUT2D eigenvalue weighted by Gasteiger charge is -2.14. The molecule has 1 aromatic rings. The predicted octanol–water partition coefficient (Wildman–Crippen LogP) is 3.08. The van der Waals surface area contributed by atoms with Gasteiger partial charge in [-0.05, 0) is 62.4 Å². The van der Waals surface area contributed by atoms with Gasteiger partial charge in [0, 0.05) is 25.1 Å². The molecule has 0 saturated heterocycles. The Morgan fingerprint density at radius 3 is 2.39 bits per heavy atom. The van der Waals surface area contributed by atoms with E-state index in [2.05, 4.69) is 49.3 Å². The number of rotatable bonds is 6. The van der Waals surface area contributed by atoms with Crippen molar-refractivity contribution in [1.82, 2.24) is 5.32 Å². The molecule has 1 aromatic carbocycles. The first-order chi connectivity index (χ1) is 8.60. The molecule has 18 heavy (non-hydrogen) atoms. The molecule has 0 radical (unpaired) electrons. The number of nitrogens with one attached hydrogen (secondary N) is 1. The third-order valence-corrected chi connectivity index (χ3v) is 4.56. The minimum absolute atomic E-state index is 0.154. The van der Waals surface area contributed by atoms with E-state index in [0.29, 0.717) is 0 Å². The molecule has 0 heterocycles. The number of halogens is 2. The summed E-state index contributed by atoms with van der Waals surface area (Å²) in [5.74, 6) is 0.813. The molecule has 2 rings (SSSR count). The van der Waals surface area contributed by atoms with E-state index in [1.54, 1.807) is 7.11 Å². The van der Waals surface area contributed by atoms with Crippen LogP contribution in [0, 0.1) is 5.41 Å². The summed E-state index contributed by atoms with van der Waals surface area (Å²) >= 11 is 6.99. The Morgan fingerprint density at radius 2 is 1.94 bits per heavy atom. The first kappa shape index (κ1) is 14.3. The van der Waals surface area contributed by atoms with Crippen molar-refractivity contribution in [2.75, 3.05) is 20.3 Å². The highest BCUT2D eigenvalue weighted by atomic mass is 79.9. The van der Waals surface area contributed by atoms with Crippen LogP contribution in [-0.2, 0) is 6.54 Å². The SMILES string of the molecule is COc1c(Br)cc(CNCC2(CO)CC2)cc1Br. The molecule has 1 aliphatic carbocycles. The highest BCUT2D eigenvalue weighted by Gasteiger charge is 2.41. The third kappa shape index (κ3) is 3.26. The molecule has 0 aromatic heterocycles. The van der Waals surface area contributed by atoms with Gasteiger partial charge in [0.05, 0.1) is 16.1 Å². The molecule has 0 bridgehead atoms. The van der Waals surface area contributed by atoms with Gasteiger partial charge in [-0.25, -0.2) is 0 Å². The van der Waals surface area contributed by atoms with E-state index < -0.39 is 0 Å². The van der Waals surface area contributed by atoms with Crippen LogP contribution in [-0.4, -0.2) is 25.4 Å². The molecular weight excluding hydrogens is 362 g/mol. The van der Waals surface area contributed by atoms with Gasteiger partial charge in [0.2, 0.25) is 0 Å². The fourth-order valence-corrected chi connectivity index (χ4v) is 3.55. The van der Waals surface area contributed by atoms with Crippen LogP contribution in [0.15, 0.2) is 21.1 Å². The van der Waals surface area contributed by atoms with Gasteiger partial charge in [0.1, 0.15) is 5.75 Å². The van der Waals surface area contributed by atoms with Gasteiger partial charge < -0.3 is 15.2 Å². The molecule has 0 unspecified atom stereocenters. The van der Waals surface area contributed by atoms with Crippen molar-refractivity contribution in [3.05, 3.63) is 26.6 Å². The van der Waals surface area contributed by atoms with Crippen LogP contribution >= 0.6 is 31.9 Å². The summed E-state index contributed by atoms with van der Waals surface area (Å²) in [6.45, 7) is 1.96. The fraction of sp³-hybridized carbons (Fsp3) is 0.538. The highest BCUT2D eigenvalue weighted by Crippen LogP contribution is 2.44. The van der Waals surface area contributed by atoms with E-state index in [0.717, 1.165) is 40.6 Å². The minimum Gasteiger partial charge on any atom is -0.494 e. The second-order valence-electron chi connectivity index (χ2n) is 4.85. The summed E-state index contributed by atoms with van der Waals surface area (Å²) in [5.41, 5.74) is 1.34. The molecular formula is C13H17Br2NO2. The Morgan fingerprint density at radius 1 is 1.33 bits per heavy atom. The monoisotopic (exact) mass is 377 g/mol. The van der Waals surface area contributed by atoms with Crippen LogP contribution in [0.1, 0.15) is 18.4 Å². The van der Waals surface area contributed by atoms with Crippen LogP contribution < -0.4 is 10.1 Å². The quantitative estimate of drug-likeness (QED) is 0.799. The molecule has 0 amide bonds. The van der Waals surface area contributed by atoms with E-state index in [9.17, 15) is 5.11 Å². The van der Waals surface area contributed by atoms with Gasteiger partial charge in [-0.1, -0.05) is 0 Å². The smallest absolute Gasteiger partial charge is 0.147 e. The first-order valence-electron chi connectivity index (χ1n) is 5.94. The van der Waals surface area contributed by atoms with Gasteiger partial charge in [0.15, 0.2) is 0 Å². The molecule has 0 aliphatic heterocycles. The van der Waals surface area contributed by atoms with Crippen molar-refractivity contribution < 1.29 is 9.84 Å². The lowest BCUT2D eigenvalue weighted by molar-refractivity contribution is 0.207. The van der Waals surface area contributed by atoms with Crippen LogP contribution in [0.3, 0.4) is 0 Å². The summed E-state index contributed by atoms with van der Waals surface area (Å²) in [6.07, 6.45) is 2.26. The van der Waals surface area contributed by atoms with Crippen LogP contribution in [0.2, 0.25) is 0 Å². The number of methoxy groups -OCH3 is 1. The van der Waals surface area contributed by atoms with Gasteiger partial charge in [-0.15, -0.1) is 0 Å². The van der Waals surface area contributed by atoms with Crippen LogP contribution in [0.25, 0.3) is 0 Å². The van der Waals surface area contributed by atoms with Gasteiger partial charge in [-0.3, -0.25) is 0 Å². The third-order valence-electron chi connectivity index (χ3n) is 3.38. The number of benzene rings is 1. The van der Waals surface area contributed by atoms with E-state index in [1.807, 2.05) is 0 Å². The van der Waals surface area contributed by atoms with Crippen molar-refractivity contribution in [3.8, 4) is 5.75 Å². The van der Waals surface area contributed by atoms with Gasteiger partial charge in [-0.2, -0.15) is 0 Å². The van der Waals surface area contributed by atoms with Crippen molar-refractivity contribution in [1.29, 1.82) is 0 Å².